The van der Waals surface area contributed by atoms with Gasteiger partial charge >= 0.3 is 5.97 Å². The van der Waals surface area contributed by atoms with Crippen LogP contribution >= 0.6 is 0 Å². The molecule has 1 N–H and O–H groups in total. The molecule has 0 aromatic carbocycles. The zero-order chi connectivity index (χ0) is 15.3. The van der Waals surface area contributed by atoms with Gasteiger partial charge in [0.05, 0.1) is 5.75 Å². The van der Waals surface area contributed by atoms with Crippen molar-refractivity contribution in [3.63, 3.8) is 0 Å². The minimum absolute atomic E-state index is 0.0351. The molecule has 0 saturated carbocycles. The number of carboxylic acids is 1. The van der Waals surface area contributed by atoms with Crippen molar-refractivity contribution in [1.29, 1.82) is 0 Å². The Bertz CT molecular complexity index is 452. The van der Waals surface area contributed by atoms with E-state index >= 15 is 0 Å². The predicted octanol–water partition coefficient (Wildman–Crippen LogP) is -0.0188. The number of sulfonamides is 1. The molecule has 1 heterocycles. The average Bonchev–Trinajstić information content (AvgIpc) is 2.37. The quantitative estimate of drug-likeness (QED) is 0.744. The van der Waals surface area contributed by atoms with Crippen molar-refractivity contribution >= 4 is 21.9 Å². The molecule has 0 atom stereocenters. The van der Waals surface area contributed by atoms with E-state index in [0.717, 1.165) is 0 Å². The molecular formula is C12H22N2O5S. The summed E-state index contributed by atoms with van der Waals surface area (Å²) in [6, 6.07) is 0. The lowest BCUT2D eigenvalue weighted by molar-refractivity contribution is -0.137. The Morgan fingerprint density at radius 1 is 1.15 bits per heavy atom. The molecule has 0 radical (unpaired) electrons. The molecule has 1 aliphatic rings. The largest absolute Gasteiger partial charge is 0.481 e. The maximum Gasteiger partial charge on any atom is 0.303 e. The highest BCUT2D eigenvalue weighted by Gasteiger charge is 2.29. The van der Waals surface area contributed by atoms with E-state index < -0.39 is 16.0 Å². The fourth-order valence-corrected chi connectivity index (χ4v) is 3.57. The first-order valence-electron chi connectivity index (χ1n) is 6.72. The molecule has 0 spiro atoms. The lowest BCUT2D eigenvalue weighted by Gasteiger charge is -2.34. The molecule has 1 saturated heterocycles. The molecule has 0 aromatic rings. The minimum Gasteiger partial charge on any atom is -0.481 e. The van der Waals surface area contributed by atoms with Crippen LogP contribution in [-0.2, 0) is 19.6 Å². The topological polar surface area (TPSA) is 95.0 Å². The number of piperazine rings is 1. The van der Waals surface area contributed by atoms with Crippen molar-refractivity contribution < 1.29 is 23.1 Å². The van der Waals surface area contributed by atoms with Crippen LogP contribution in [0, 0.1) is 5.92 Å². The normalized spacial score (nSPS) is 17.4. The third kappa shape index (κ3) is 4.75. The van der Waals surface area contributed by atoms with E-state index in [1.54, 1.807) is 4.90 Å². The number of carbonyl (C=O) groups is 2. The number of carboxylic acid groups (broad SMARTS) is 1. The van der Waals surface area contributed by atoms with Crippen molar-refractivity contribution in [3.05, 3.63) is 0 Å². The van der Waals surface area contributed by atoms with E-state index in [1.165, 1.54) is 4.31 Å². The summed E-state index contributed by atoms with van der Waals surface area (Å²) >= 11 is 0. The minimum atomic E-state index is -3.42. The number of rotatable bonds is 6. The van der Waals surface area contributed by atoms with Gasteiger partial charge in [-0.15, -0.1) is 0 Å². The number of carbonyl (C=O) groups excluding carboxylic acids is 1. The van der Waals surface area contributed by atoms with Crippen LogP contribution in [0.4, 0.5) is 0 Å². The van der Waals surface area contributed by atoms with Crippen LogP contribution in [0.15, 0.2) is 0 Å². The molecule has 116 valence electrons. The number of nitrogens with zero attached hydrogens (tertiary/aromatic N) is 2. The third-order valence-electron chi connectivity index (χ3n) is 3.23. The second kappa shape index (κ2) is 7.03. The summed E-state index contributed by atoms with van der Waals surface area (Å²) in [5, 5.41) is 8.52. The lowest BCUT2D eigenvalue weighted by Crippen LogP contribution is -2.51. The second-order valence-electron chi connectivity index (χ2n) is 5.19. The number of amides is 1. The van der Waals surface area contributed by atoms with Gasteiger partial charge in [0, 0.05) is 38.5 Å². The van der Waals surface area contributed by atoms with Crippen molar-refractivity contribution in [2.24, 2.45) is 5.92 Å². The highest BCUT2D eigenvalue weighted by molar-refractivity contribution is 7.89. The molecule has 1 fully saturated rings. The Morgan fingerprint density at radius 3 is 2.15 bits per heavy atom. The standard InChI is InChI=1S/C12H22N2O5S/c1-10(2)12(17)13-5-7-14(8-6-13)20(18,19)9-3-4-11(15)16/h10H,3-9H2,1-2H3,(H,15,16). The number of aliphatic carboxylic acids is 1. The van der Waals surface area contributed by atoms with Gasteiger partial charge in [-0.05, 0) is 6.42 Å². The van der Waals surface area contributed by atoms with E-state index in [1.807, 2.05) is 13.8 Å². The summed E-state index contributed by atoms with van der Waals surface area (Å²) in [4.78, 5) is 23.9. The predicted molar refractivity (Wildman–Crippen MR) is 73.6 cm³/mol. The molecule has 0 aromatic heterocycles. The first-order chi connectivity index (χ1) is 9.24. The molecule has 0 unspecified atom stereocenters. The van der Waals surface area contributed by atoms with E-state index in [-0.39, 0.29) is 43.5 Å². The maximum absolute atomic E-state index is 12.0. The summed E-state index contributed by atoms with van der Waals surface area (Å²) in [5.74, 6) is -1.20. The Kier molecular flexibility index (Phi) is 5.94. The van der Waals surface area contributed by atoms with Crippen LogP contribution in [0.3, 0.4) is 0 Å². The molecule has 7 nitrogen and oxygen atoms in total. The van der Waals surface area contributed by atoms with Crippen LogP contribution < -0.4 is 0 Å². The fourth-order valence-electron chi connectivity index (χ4n) is 2.09. The van der Waals surface area contributed by atoms with Gasteiger partial charge in [0.1, 0.15) is 0 Å². The Labute approximate surface area is 119 Å². The zero-order valence-corrected chi connectivity index (χ0v) is 12.7. The molecule has 20 heavy (non-hydrogen) atoms. The van der Waals surface area contributed by atoms with Gasteiger partial charge in [-0.25, -0.2) is 8.42 Å². The Hall–Kier alpha value is -1.15. The summed E-state index contributed by atoms with van der Waals surface area (Å²) < 4.78 is 25.4. The van der Waals surface area contributed by atoms with Gasteiger partial charge in [0.2, 0.25) is 15.9 Å². The smallest absolute Gasteiger partial charge is 0.303 e. The van der Waals surface area contributed by atoms with Gasteiger partial charge in [0.15, 0.2) is 0 Å². The molecule has 1 aliphatic heterocycles. The summed E-state index contributed by atoms with van der Waals surface area (Å²) in [5.41, 5.74) is 0. The third-order valence-corrected chi connectivity index (χ3v) is 5.19. The van der Waals surface area contributed by atoms with Gasteiger partial charge in [-0.1, -0.05) is 13.8 Å². The number of hydrogen-bond donors (Lipinski definition) is 1. The fraction of sp³-hybridized carbons (Fsp3) is 0.833. The van der Waals surface area contributed by atoms with Crippen molar-refractivity contribution in [2.75, 3.05) is 31.9 Å². The van der Waals surface area contributed by atoms with E-state index in [2.05, 4.69) is 0 Å². The van der Waals surface area contributed by atoms with E-state index in [0.29, 0.717) is 13.1 Å². The highest BCUT2D eigenvalue weighted by Crippen LogP contribution is 2.12. The van der Waals surface area contributed by atoms with E-state index in [4.69, 9.17) is 5.11 Å². The SMILES string of the molecule is CC(C)C(=O)N1CCN(S(=O)(=O)CCCC(=O)O)CC1. The van der Waals surface area contributed by atoms with Crippen LogP contribution in [0.25, 0.3) is 0 Å². The highest BCUT2D eigenvalue weighted by atomic mass is 32.2. The number of hydrogen-bond acceptors (Lipinski definition) is 4. The van der Waals surface area contributed by atoms with Crippen molar-refractivity contribution in [2.45, 2.75) is 26.7 Å². The maximum atomic E-state index is 12.0. The van der Waals surface area contributed by atoms with Crippen LogP contribution in [-0.4, -0.2) is 66.5 Å². The Morgan fingerprint density at radius 2 is 1.70 bits per heavy atom. The van der Waals surface area contributed by atoms with Crippen LogP contribution in [0.2, 0.25) is 0 Å². The van der Waals surface area contributed by atoms with Gasteiger partial charge in [-0.3, -0.25) is 9.59 Å². The van der Waals surface area contributed by atoms with Gasteiger partial charge in [0.25, 0.3) is 0 Å². The monoisotopic (exact) mass is 306 g/mol. The van der Waals surface area contributed by atoms with Gasteiger partial charge < -0.3 is 10.0 Å². The van der Waals surface area contributed by atoms with E-state index in [9.17, 15) is 18.0 Å². The van der Waals surface area contributed by atoms with Crippen LogP contribution in [0.5, 0.6) is 0 Å². The summed E-state index contributed by atoms with van der Waals surface area (Å²) in [6.45, 7) is 5.00. The molecule has 8 heteroatoms. The average molecular weight is 306 g/mol. The first-order valence-corrected chi connectivity index (χ1v) is 8.33. The molecule has 0 aliphatic carbocycles. The van der Waals surface area contributed by atoms with Gasteiger partial charge in [-0.2, -0.15) is 4.31 Å². The molecule has 0 bridgehead atoms. The van der Waals surface area contributed by atoms with Crippen molar-refractivity contribution in [3.8, 4) is 0 Å². The lowest BCUT2D eigenvalue weighted by atomic mass is 10.2. The Balaban J connectivity index is 2.47. The summed E-state index contributed by atoms with van der Waals surface area (Å²) in [7, 11) is -3.42. The summed E-state index contributed by atoms with van der Waals surface area (Å²) in [6.07, 6.45) is -0.0339. The second-order valence-corrected chi connectivity index (χ2v) is 7.28. The molecular weight excluding hydrogens is 284 g/mol. The van der Waals surface area contributed by atoms with Crippen LogP contribution in [0.1, 0.15) is 26.7 Å². The van der Waals surface area contributed by atoms with Crippen molar-refractivity contribution in [1.82, 2.24) is 9.21 Å². The zero-order valence-electron chi connectivity index (χ0n) is 11.9. The first kappa shape index (κ1) is 16.9. The molecule has 1 rings (SSSR count). The molecule has 1 amide bonds.